The fraction of sp³-hybridized carbons (Fsp3) is 0.462. The maximum absolute atomic E-state index is 12.1. The monoisotopic (exact) mass is 369 g/mol. The second-order valence-electron chi connectivity index (χ2n) is 4.59. The highest BCUT2D eigenvalue weighted by Gasteiger charge is 2.35. The summed E-state index contributed by atoms with van der Waals surface area (Å²) in [4.78, 5) is 16.8. The Morgan fingerprint density at radius 1 is 0.720 bits per heavy atom. The van der Waals surface area contributed by atoms with Gasteiger partial charge in [-0.15, -0.1) is 0 Å². The van der Waals surface area contributed by atoms with E-state index in [-0.39, 0.29) is 23.4 Å². The zero-order valence-electron chi connectivity index (χ0n) is 13.5. The van der Waals surface area contributed by atoms with Crippen molar-refractivity contribution in [3.63, 3.8) is 0 Å². The van der Waals surface area contributed by atoms with Crippen molar-refractivity contribution in [1.29, 1.82) is 0 Å². The molecule has 0 bridgehead atoms. The third-order valence-corrected chi connectivity index (χ3v) is 2.43. The lowest BCUT2D eigenvalue weighted by molar-refractivity contribution is -0.145. The van der Waals surface area contributed by atoms with Crippen molar-refractivity contribution in [3.8, 4) is 5.88 Å². The zero-order valence-corrected chi connectivity index (χ0v) is 13.5. The maximum Gasteiger partial charge on any atom is 0.451 e. The lowest BCUT2D eigenvalue weighted by Gasteiger charge is -2.07. The molecule has 0 aliphatic heterocycles. The largest absolute Gasteiger partial charge is 0.481 e. The molecule has 0 saturated heterocycles. The first-order valence-electron chi connectivity index (χ1n) is 6.56. The minimum absolute atomic E-state index is 0.0340. The van der Waals surface area contributed by atoms with Crippen LogP contribution in [0.5, 0.6) is 5.88 Å². The minimum Gasteiger partial charge on any atom is -0.481 e. The van der Waals surface area contributed by atoms with Gasteiger partial charge >= 0.3 is 12.4 Å². The van der Waals surface area contributed by atoms with Crippen LogP contribution in [-0.4, -0.2) is 32.0 Å². The van der Waals surface area contributed by atoms with Crippen molar-refractivity contribution >= 4 is 0 Å². The Morgan fingerprint density at radius 3 is 1.60 bits per heavy atom. The number of hydrogen-bond acceptors (Lipinski definition) is 6. The van der Waals surface area contributed by atoms with Crippen molar-refractivity contribution < 1.29 is 31.1 Å². The normalized spacial score (nSPS) is 11.6. The van der Waals surface area contributed by atoms with Gasteiger partial charge in [-0.3, -0.25) is 0 Å². The molecule has 0 unspecified atom stereocenters. The lowest BCUT2D eigenvalue weighted by atomic mass is 10.4. The minimum atomic E-state index is -4.49. The molecule has 25 heavy (non-hydrogen) atoms. The molecule has 2 heterocycles. The number of nitrogens with zero attached hydrogens (tertiary/aromatic N) is 5. The molecule has 138 valence electrons. The number of alkyl halides is 6. The maximum atomic E-state index is 12.1. The predicted molar refractivity (Wildman–Crippen MR) is 72.6 cm³/mol. The summed E-state index contributed by atoms with van der Waals surface area (Å²) in [7, 11) is 1.25. The van der Waals surface area contributed by atoms with E-state index in [0.29, 0.717) is 0 Å². The van der Waals surface area contributed by atoms with Crippen molar-refractivity contribution in [2.24, 2.45) is 0 Å². The molecule has 2 aromatic heterocycles. The van der Waals surface area contributed by atoms with Crippen LogP contribution in [-0.2, 0) is 12.4 Å². The summed E-state index contributed by atoms with van der Waals surface area (Å²) in [6.45, 7) is 4.16. The van der Waals surface area contributed by atoms with Crippen LogP contribution < -0.4 is 4.74 Å². The Morgan fingerprint density at radius 2 is 1.20 bits per heavy atom. The second-order valence-corrected chi connectivity index (χ2v) is 4.59. The molecule has 2 rings (SSSR count). The predicted octanol–water partition coefficient (Wildman–Crippen LogP) is 3.32. The van der Waals surface area contributed by atoms with Gasteiger partial charge in [0.1, 0.15) is 17.5 Å². The van der Waals surface area contributed by atoms with Crippen LogP contribution >= 0.6 is 0 Å². The van der Waals surface area contributed by atoms with Gasteiger partial charge in [-0.05, 0) is 20.8 Å². The summed E-state index contributed by atoms with van der Waals surface area (Å²) in [5.74, 6) is -1.02. The zero-order chi connectivity index (χ0) is 19.4. The molecule has 0 saturated carbocycles. The van der Waals surface area contributed by atoms with E-state index in [4.69, 9.17) is 0 Å². The number of rotatable bonds is 1. The second kappa shape index (κ2) is 7.57. The van der Waals surface area contributed by atoms with Crippen molar-refractivity contribution in [2.45, 2.75) is 33.1 Å². The Bertz CT molecular complexity index is 712. The van der Waals surface area contributed by atoms with E-state index in [1.54, 1.807) is 0 Å². The molecule has 0 aliphatic rings. The van der Waals surface area contributed by atoms with Gasteiger partial charge in [-0.2, -0.15) is 31.3 Å². The fourth-order valence-electron chi connectivity index (χ4n) is 1.53. The van der Waals surface area contributed by atoms with Crippen LogP contribution in [0.1, 0.15) is 29.0 Å². The average Bonchev–Trinajstić information content (AvgIpc) is 2.44. The first-order chi connectivity index (χ1) is 11.3. The Balaban J connectivity index is 0.000000251. The van der Waals surface area contributed by atoms with Gasteiger partial charge in [-0.1, -0.05) is 0 Å². The summed E-state index contributed by atoms with van der Waals surface area (Å²) < 4.78 is 77.0. The van der Waals surface area contributed by atoms with Crippen LogP contribution in [0.2, 0.25) is 0 Å². The van der Waals surface area contributed by atoms with Gasteiger partial charge in [0.05, 0.1) is 7.11 Å². The van der Waals surface area contributed by atoms with Crippen molar-refractivity contribution in [3.05, 3.63) is 35.1 Å². The summed E-state index contributed by atoms with van der Waals surface area (Å²) >= 11 is 0. The molecule has 0 atom stereocenters. The molecule has 12 heteroatoms. The summed E-state index contributed by atoms with van der Waals surface area (Å²) in [6.07, 6.45) is -8.94. The van der Waals surface area contributed by atoms with Crippen LogP contribution in [0.15, 0.2) is 6.07 Å². The van der Waals surface area contributed by atoms with Crippen LogP contribution in [0, 0.1) is 20.8 Å². The van der Waals surface area contributed by atoms with E-state index in [2.05, 4.69) is 29.7 Å². The van der Waals surface area contributed by atoms with E-state index in [0.717, 1.165) is 6.07 Å². The van der Waals surface area contributed by atoms with E-state index in [1.165, 1.54) is 27.9 Å². The molecule has 0 aliphatic carbocycles. The van der Waals surface area contributed by atoms with E-state index in [9.17, 15) is 26.3 Å². The van der Waals surface area contributed by atoms with Crippen LogP contribution in [0.4, 0.5) is 26.3 Å². The van der Waals surface area contributed by atoms with Gasteiger partial charge in [0, 0.05) is 6.07 Å². The molecule has 0 N–H and O–H groups in total. The fourth-order valence-corrected chi connectivity index (χ4v) is 1.53. The standard InChI is InChI=1S/C7H7F3N2O.C6H6F3N3/c1-4-11-5(7(8,9)10)3-6(12-4)13-2;1-3-10-4(2)12-5(11-3)6(7,8)9/h3H,1-2H3;1-2H3. The Hall–Kier alpha value is -2.53. The van der Waals surface area contributed by atoms with Gasteiger partial charge < -0.3 is 4.74 Å². The smallest absolute Gasteiger partial charge is 0.451 e. The van der Waals surface area contributed by atoms with Gasteiger partial charge in [0.15, 0.2) is 5.69 Å². The molecule has 0 fully saturated rings. The molecule has 0 radical (unpaired) electrons. The number of methoxy groups -OCH3 is 1. The number of ether oxygens (including phenoxy) is 1. The van der Waals surface area contributed by atoms with Gasteiger partial charge in [0.2, 0.25) is 11.7 Å². The molecule has 0 aromatic carbocycles. The molecule has 6 nitrogen and oxygen atoms in total. The summed E-state index contributed by atoms with van der Waals surface area (Å²) in [6, 6.07) is 0.757. The van der Waals surface area contributed by atoms with Crippen LogP contribution in [0.25, 0.3) is 0 Å². The third kappa shape index (κ3) is 6.47. The van der Waals surface area contributed by atoms with Crippen molar-refractivity contribution in [2.75, 3.05) is 7.11 Å². The van der Waals surface area contributed by atoms with E-state index in [1.807, 2.05) is 0 Å². The number of hydrogen-bond donors (Lipinski definition) is 0. The quantitative estimate of drug-likeness (QED) is 0.718. The molecule has 0 spiro atoms. The van der Waals surface area contributed by atoms with Crippen molar-refractivity contribution in [1.82, 2.24) is 24.9 Å². The van der Waals surface area contributed by atoms with Gasteiger partial charge in [0.25, 0.3) is 0 Å². The Kier molecular flexibility index (Phi) is 6.21. The first kappa shape index (κ1) is 20.5. The SMILES string of the molecule is COc1cc(C(F)(F)F)nc(C)n1.Cc1nc(C)nc(C(F)(F)F)n1. The van der Waals surface area contributed by atoms with Crippen LogP contribution in [0.3, 0.4) is 0 Å². The summed E-state index contributed by atoms with van der Waals surface area (Å²) in [5, 5.41) is 0. The van der Waals surface area contributed by atoms with Gasteiger partial charge in [-0.25, -0.2) is 19.9 Å². The lowest BCUT2D eigenvalue weighted by Crippen LogP contribution is -2.13. The highest BCUT2D eigenvalue weighted by Crippen LogP contribution is 2.29. The van der Waals surface area contributed by atoms with E-state index >= 15 is 0 Å². The molecule has 0 amide bonds. The third-order valence-electron chi connectivity index (χ3n) is 2.43. The van der Waals surface area contributed by atoms with E-state index < -0.39 is 23.9 Å². The molecule has 2 aromatic rings. The number of aryl methyl sites for hydroxylation is 3. The first-order valence-corrected chi connectivity index (χ1v) is 6.56. The topological polar surface area (TPSA) is 73.7 Å². The average molecular weight is 369 g/mol. The highest BCUT2D eigenvalue weighted by atomic mass is 19.4. The molecular formula is C13H13F6N5O. The number of aromatic nitrogens is 5. The highest BCUT2D eigenvalue weighted by molar-refractivity contribution is 5.18. The summed E-state index contributed by atoms with van der Waals surface area (Å²) in [5.41, 5.74) is -0.989. The number of halogens is 6. The molecular weight excluding hydrogens is 356 g/mol. The Labute approximate surface area is 138 Å².